The van der Waals surface area contributed by atoms with E-state index in [9.17, 15) is 19.4 Å². The van der Waals surface area contributed by atoms with Gasteiger partial charge in [0.15, 0.2) is 0 Å². The summed E-state index contributed by atoms with van der Waals surface area (Å²) in [6.07, 6.45) is 43.8. The van der Waals surface area contributed by atoms with Gasteiger partial charge in [0, 0.05) is 13.0 Å². The molecule has 9 heteroatoms. The van der Waals surface area contributed by atoms with Gasteiger partial charge in [-0.2, -0.15) is 0 Å². The van der Waals surface area contributed by atoms with Crippen molar-refractivity contribution in [1.82, 2.24) is 0 Å². The number of allylic oxidation sites excluding steroid dienone is 10. The number of nitrogens with two attached hydrogens (primary N) is 1. The summed E-state index contributed by atoms with van der Waals surface area (Å²) >= 11 is 0. The molecular weight excluding hydrogens is 601 g/mol. The quantitative estimate of drug-likeness (QED) is 0.0273. The molecule has 0 aromatic rings. The molecule has 46 heavy (non-hydrogen) atoms. The van der Waals surface area contributed by atoms with Crippen molar-refractivity contribution in [3.8, 4) is 0 Å². The first-order chi connectivity index (χ1) is 22.4. The third-order valence-electron chi connectivity index (χ3n) is 7.15. The minimum Gasteiger partial charge on any atom is -0.463 e. The van der Waals surface area contributed by atoms with Crippen molar-refractivity contribution in [3.05, 3.63) is 60.8 Å². The number of ether oxygens (including phenoxy) is 1. The Morgan fingerprint density at radius 1 is 0.652 bits per heavy atom. The van der Waals surface area contributed by atoms with Crippen molar-refractivity contribution in [1.29, 1.82) is 0 Å². The third kappa shape index (κ3) is 35.1. The van der Waals surface area contributed by atoms with Crippen molar-refractivity contribution in [3.63, 3.8) is 0 Å². The molecule has 0 bridgehead atoms. The first kappa shape index (κ1) is 44.2. The largest absolute Gasteiger partial charge is 0.472 e. The molecule has 2 atom stereocenters. The Morgan fingerprint density at radius 3 is 1.57 bits per heavy atom. The number of carbonyl (C=O) groups excluding carboxylic acids is 1. The topological polar surface area (TPSA) is 128 Å². The van der Waals surface area contributed by atoms with Crippen LogP contribution in [0.15, 0.2) is 60.8 Å². The predicted octanol–water partition coefficient (Wildman–Crippen LogP) is 9.59. The highest BCUT2D eigenvalue weighted by atomic mass is 31.2. The second kappa shape index (κ2) is 34.5. The highest BCUT2D eigenvalue weighted by Gasteiger charge is 2.22. The Labute approximate surface area is 280 Å². The number of aliphatic hydroxyl groups excluding tert-OH is 1. The van der Waals surface area contributed by atoms with E-state index in [2.05, 4.69) is 76.7 Å². The summed E-state index contributed by atoms with van der Waals surface area (Å²) in [5.74, 6) is -0.389. The van der Waals surface area contributed by atoms with Crippen LogP contribution < -0.4 is 5.73 Å². The van der Waals surface area contributed by atoms with Crippen LogP contribution in [-0.2, 0) is 23.1 Å². The Bertz CT molecular complexity index is 885. The second-order valence-corrected chi connectivity index (χ2v) is 13.0. The van der Waals surface area contributed by atoms with Crippen LogP contribution in [0.4, 0.5) is 0 Å². The van der Waals surface area contributed by atoms with Crippen LogP contribution in [0.25, 0.3) is 0 Å². The maximum absolute atomic E-state index is 11.8. The van der Waals surface area contributed by atoms with Crippen LogP contribution in [0, 0.1) is 0 Å². The van der Waals surface area contributed by atoms with E-state index in [0.29, 0.717) is 6.42 Å². The minimum atomic E-state index is -4.25. The van der Waals surface area contributed by atoms with E-state index in [0.717, 1.165) is 51.4 Å². The fourth-order valence-corrected chi connectivity index (χ4v) is 5.31. The van der Waals surface area contributed by atoms with E-state index in [4.69, 9.17) is 10.5 Å². The van der Waals surface area contributed by atoms with Crippen molar-refractivity contribution in [2.24, 2.45) is 5.73 Å². The predicted molar refractivity (Wildman–Crippen MR) is 191 cm³/mol. The zero-order valence-electron chi connectivity index (χ0n) is 28.8. The molecule has 0 saturated heterocycles. The highest BCUT2D eigenvalue weighted by Crippen LogP contribution is 2.42. The summed E-state index contributed by atoms with van der Waals surface area (Å²) in [6.45, 7) is 1.33. The van der Waals surface area contributed by atoms with Crippen molar-refractivity contribution >= 4 is 13.8 Å². The molecule has 4 N–H and O–H groups in total. The monoisotopic (exact) mass is 667 g/mol. The van der Waals surface area contributed by atoms with Crippen molar-refractivity contribution < 1.29 is 33.1 Å². The van der Waals surface area contributed by atoms with Crippen molar-refractivity contribution in [2.75, 3.05) is 26.4 Å². The van der Waals surface area contributed by atoms with E-state index >= 15 is 0 Å². The van der Waals surface area contributed by atoms with Gasteiger partial charge in [-0.05, 0) is 51.4 Å². The Hall–Kier alpha value is -1.80. The SMILES string of the molecule is CC/C=C\C/C=C\C/C=C\C/C=C\C/C=C\CCCCCCCCCCCCCCCC(=O)OCC(O)COP(=O)(O)OCCN. The van der Waals surface area contributed by atoms with Crippen LogP contribution in [0.5, 0.6) is 0 Å². The maximum Gasteiger partial charge on any atom is 0.472 e. The number of hydrogen-bond acceptors (Lipinski definition) is 7. The molecular formula is C37H66NO7P. The van der Waals surface area contributed by atoms with Gasteiger partial charge in [0.25, 0.3) is 0 Å². The number of phosphoric acid groups is 1. The molecule has 2 unspecified atom stereocenters. The van der Waals surface area contributed by atoms with Gasteiger partial charge < -0.3 is 20.5 Å². The molecule has 266 valence electrons. The molecule has 0 amide bonds. The second-order valence-electron chi connectivity index (χ2n) is 11.6. The molecule has 0 saturated carbocycles. The van der Waals surface area contributed by atoms with Crippen LogP contribution >= 0.6 is 7.82 Å². The van der Waals surface area contributed by atoms with Crippen LogP contribution in [0.2, 0.25) is 0 Å². The van der Waals surface area contributed by atoms with Gasteiger partial charge in [-0.25, -0.2) is 4.57 Å². The molecule has 0 aliphatic carbocycles. The lowest BCUT2D eigenvalue weighted by Gasteiger charge is -2.15. The molecule has 0 heterocycles. The summed E-state index contributed by atoms with van der Waals surface area (Å²) in [5, 5.41) is 9.75. The van der Waals surface area contributed by atoms with Crippen LogP contribution in [0.3, 0.4) is 0 Å². The highest BCUT2D eigenvalue weighted by molar-refractivity contribution is 7.47. The molecule has 0 aliphatic heterocycles. The summed E-state index contributed by atoms with van der Waals surface area (Å²) in [7, 11) is -4.25. The molecule has 0 radical (unpaired) electrons. The first-order valence-corrected chi connectivity index (χ1v) is 19.3. The normalized spacial score (nSPS) is 14.4. The first-order valence-electron chi connectivity index (χ1n) is 17.8. The van der Waals surface area contributed by atoms with Gasteiger partial charge >= 0.3 is 13.8 Å². The van der Waals surface area contributed by atoms with E-state index < -0.39 is 20.5 Å². The minimum absolute atomic E-state index is 0.0722. The Kier molecular flexibility index (Phi) is 33.2. The Morgan fingerprint density at radius 2 is 1.09 bits per heavy atom. The number of rotatable bonds is 33. The van der Waals surface area contributed by atoms with Crippen LogP contribution in [-0.4, -0.2) is 48.4 Å². The lowest BCUT2D eigenvalue weighted by Crippen LogP contribution is -2.23. The fourth-order valence-electron chi connectivity index (χ4n) is 4.54. The van der Waals surface area contributed by atoms with E-state index in [1.54, 1.807) is 0 Å². The smallest absolute Gasteiger partial charge is 0.463 e. The molecule has 0 spiro atoms. The van der Waals surface area contributed by atoms with E-state index in [1.165, 1.54) is 70.6 Å². The van der Waals surface area contributed by atoms with E-state index in [1.807, 2.05) is 0 Å². The number of esters is 1. The molecule has 0 aromatic heterocycles. The van der Waals surface area contributed by atoms with Gasteiger partial charge in [-0.15, -0.1) is 0 Å². The lowest BCUT2D eigenvalue weighted by molar-refractivity contribution is -0.147. The summed E-state index contributed by atoms with van der Waals surface area (Å²) in [6, 6.07) is 0. The van der Waals surface area contributed by atoms with Gasteiger partial charge in [0.1, 0.15) is 12.7 Å². The number of unbranched alkanes of at least 4 members (excludes halogenated alkanes) is 13. The zero-order valence-corrected chi connectivity index (χ0v) is 29.7. The molecule has 0 aromatic carbocycles. The molecule has 0 fully saturated rings. The molecule has 8 nitrogen and oxygen atoms in total. The third-order valence-corrected chi connectivity index (χ3v) is 8.13. The lowest BCUT2D eigenvalue weighted by atomic mass is 10.0. The van der Waals surface area contributed by atoms with Gasteiger partial charge in [0.2, 0.25) is 0 Å². The Balaban J connectivity index is 3.41. The molecule has 0 aliphatic rings. The maximum atomic E-state index is 11.8. The van der Waals surface area contributed by atoms with Gasteiger partial charge in [-0.3, -0.25) is 13.8 Å². The standard InChI is InChI=1S/C37H66NO7P/c1-2-3-4-5-6-7-8-9-10-11-12-13-14-15-16-17-18-19-20-21-22-23-24-25-26-27-28-29-30-31-37(40)43-34-36(39)35-45-46(41,42)44-33-32-38/h3-4,6-7,9-10,12-13,15-16,36,39H,2,5,8,11,14,17-35,38H2,1H3,(H,41,42)/b4-3-,7-6-,10-9-,13-12-,16-15-. The van der Waals surface area contributed by atoms with Gasteiger partial charge in [0.05, 0.1) is 13.2 Å². The van der Waals surface area contributed by atoms with Crippen LogP contribution in [0.1, 0.15) is 135 Å². The van der Waals surface area contributed by atoms with E-state index in [-0.39, 0.29) is 25.7 Å². The van der Waals surface area contributed by atoms with Gasteiger partial charge in [-0.1, -0.05) is 138 Å². The number of aliphatic hydroxyl groups is 1. The summed E-state index contributed by atoms with van der Waals surface area (Å²) in [4.78, 5) is 21.2. The number of phosphoric ester groups is 1. The average Bonchev–Trinajstić information content (AvgIpc) is 3.04. The summed E-state index contributed by atoms with van der Waals surface area (Å²) in [5.41, 5.74) is 5.19. The summed E-state index contributed by atoms with van der Waals surface area (Å²) < 4.78 is 25.7. The van der Waals surface area contributed by atoms with Crippen molar-refractivity contribution in [2.45, 2.75) is 141 Å². The number of carbonyl (C=O) groups is 1. The average molecular weight is 668 g/mol. The number of hydrogen-bond donors (Lipinski definition) is 3. The zero-order chi connectivity index (χ0) is 33.8. The molecule has 0 rings (SSSR count). The fraction of sp³-hybridized carbons (Fsp3) is 0.703.